The Morgan fingerprint density at radius 3 is 3.14 bits per heavy atom. The van der Waals surface area contributed by atoms with Crippen molar-refractivity contribution in [2.75, 3.05) is 13.9 Å². The first-order valence-corrected chi connectivity index (χ1v) is 7.00. The van der Waals surface area contributed by atoms with Gasteiger partial charge in [0.15, 0.2) is 11.5 Å². The van der Waals surface area contributed by atoms with Gasteiger partial charge in [0.2, 0.25) is 12.5 Å². The molecule has 0 bridgehead atoms. The Morgan fingerprint density at radius 1 is 1.48 bits per heavy atom. The molecule has 0 unspecified atom stereocenters. The highest BCUT2D eigenvalue weighted by Crippen LogP contribution is 2.41. The van der Waals surface area contributed by atoms with Crippen LogP contribution in [0.5, 0.6) is 17.2 Å². The molecule has 2 heterocycles. The molecule has 3 rings (SSSR count). The number of thiophene rings is 1. The van der Waals surface area contributed by atoms with Crippen LogP contribution in [0.2, 0.25) is 0 Å². The quantitative estimate of drug-likeness (QED) is 0.695. The molecule has 0 spiro atoms. The maximum absolute atomic E-state index is 11.7. The number of rotatable bonds is 4. The van der Waals surface area contributed by atoms with Gasteiger partial charge in [-0.25, -0.2) is 5.43 Å². The lowest BCUT2D eigenvalue weighted by atomic mass is 10.2. The largest absolute Gasteiger partial charge is 0.493 e. The molecule has 2 aromatic rings. The van der Waals surface area contributed by atoms with Crippen LogP contribution in [0.3, 0.4) is 0 Å². The maximum atomic E-state index is 11.7. The van der Waals surface area contributed by atoms with E-state index in [1.165, 1.54) is 17.6 Å². The van der Waals surface area contributed by atoms with Crippen molar-refractivity contribution in [1.82, 2.24) is 5.43 Å². The van der Waals surface area contributed by atoms with Gasteiger partial charge < -0.3 is 14.2 Å². The molecular formula is C14H12N2O4S. The van der Waals surface area contributed by atoms with Crippen molar-refractivity contribution < 1.29 is 19.0 Å². The summed E-state index contributed by atoms with van der Waals surface area (Å²) in [4.78, 5) is 12.3. The summed E-state index contributed by atoms with van der Waals surface area (Å²) < 4.78 is 15.9. The fourth-order valence-corrected chi connectivity index (χ4v) is 2.47. The minimum atomic E-state index is -0.242. The number of carbonyl (C=O) groups excluding carboxylic acids is 1. The van der Waals surface area contributed by atoms with E-state index in [4.69, 9.17) is 14.2 Å². The topological polar surface area (TPSA) is 69.2 Å². The van der Waals surface area contributed by atoms with Gasteiger partial charge in [-0.2, -0.15) is 5.10 Å². The van der Waals surface area contributed by atoms with Crippen LogP contribution in [0.4, 0.5) is 0 Å². The van der Waals surface area contributed by atoms with Gasteiger partial charge in [-0.1, -0.05) is 6.07 Å². The molecule has 7 heteroatoms. The number of nitrogens with one attached hydrogen (secondary N) is 1. The van der Waals surface area contributed by atoms with Gasteiger partial charge in [-0.3, -0.25) is 4.79 Å². The summed E-state index contributed by atoms with van der Waals surface area (Å²) in [6.45, 7) is 0.168. The van der Waals surface area contributed by atoms with Crippen LogP contribution in [0.25, 0.3) is 0 Å². The second-order valence-corrected chi connectivity index (χ2v) is 5.08. The zero-order chi connectivity index (χ0) is 14.7. The van der Waals surface area contributed by atoms with Crippen molar-refractivity contribution in [3.05, 3.63) is 40.1 Å². The predicted molar refractivity (Wildman–Crippen MR) is 78.5 cm³/mol. The van der Waals surface area contributed by atoms with Gasteiger partial charge in [0, 0.05) is 5.56 Å². The Balaban J connectivity index is 1.73. The van der Waals surface area contributed by atoms with Gasteiger partial charge in [0.05, 0.1) is 18.2 Å². The SMILES string of the molecule is COc1cc(/C=N\NC(=O)c2cccs2)cc2c1OCO2. The number of methoxy groups -OCH3 is 1. The molecule has 1 aromatic carbocycles. The van der Waals surface area contributed by atoms with E-state index in [0.717, 1.165) is 5.56 Å². The van der Waals surface area contributed by atoms with E-state index >= 15 is 0 Å². The minimum absolute atomic E-state index is 0.168. The van der Waals surface area contributed by atoms with Gasteiger partial charge in [0.25, 0.3) is 5.91 Å². The second kappa shape index (κ2) is 5.84. The summed E-state index contributed by atoms with van der Waals surface area (Å²) in [5.74, 6) is 1.50. The Bertz CT molecular complexity index is 683. The Labute approximate surface area is 125 Å². The van der Waals surface area contributed by atoms with Crippen LogP contribution in [-0.2, 0) is 0 Å². The lowest BCUT2D eigenvalue weighted by molar-refractivity contribution is 0.0959. The van der Waals surface area contributed by atoms with Gasteiger partial charge in [-0.05, 0) is 23.6 Å². The smallest absolute Gasteiger partial charge is 0.281 e. The monoisotopic (exact) mass is 304 g/mol. The van der Waals surface area contributed by atoms with E-state index < -0.39 is 0 Å². The Morgan fingerprint density at radius 2 is 2.38 bits per heavy atom. The fraction of sp³-hybridized carbons (Fsp3) is 0.143. The van der Waals surface area contributed by atoms with Gasteiger partial charge >= 0.3 is 0 Å². The molecule has 1 aliphatic heterocycles. The third-order valence-corrected chi connectivity index (χ3v) is 3.67. The van der Waals surface area contributed by atoms with E-state index in [2.05, 4.69) is 10.5 Å². The minimum Gasteiger partial charge on any atom is -0.493 e. The lowest BCUT2D eigenvalue weighted by Crippen LogP contribution is -2.16. The van der Waals surface area contributed by atoms with E-state index in [1.54, 1.807) is 25.3 Å². The second-order valence-electron chi connectivity index (χ2n) is 4.13. The number of hydrogen-bond acceptors (Lipinski definition) is 6. The number of carbonyl (C=O) groups is 1. The Hall–Kier alpha value is -2.54. The summed E-state index contributed by atoms with van der Waals surface area (Å²) in [6, 6.07) is 7.07. The molecule has 108 valence electrons. The maximum Gasteiger partial charge on any atom is 0.281 e. The predicted octanol–water partition coefficient (Wildman–Crippen LogP) is 2.25. The molecule has 0 radical (unpaired) electrons. The molecule has 0 aliphatic carbocycles. The van der Waals surface area contributed by atoms with Crippen LogP contribution in [0.1, 0.15) is 15.2 Å². The van der Waals surface area contributed by atoms with Crippen LogP contribution in [-0.4, -0.2) is 26.0 Å². The van der Waals surface area contributed by atoms with Crippen molar-refractivity contribution in [3.63, 3.8) is 0 Å². The highest BCUT2D eigenvalue weighted by Gasteiger charge is 2.19. The molecule has 6 nitrogen and oxygen atoms in total. The van der Waals surface area contributed by atoms with Crippen molar-refractivity contribution in [1.29, 1.82) is 0 Å². The van der Waals surface area contributed by atoms with E-state index in [-0.39, 0.29) is 12.7 Å². The van der Waals surface area contributed by atoms with E-state index in [9.17, 15) is 4.79 Å². The first kappa shape index (κ1) is 13.4. The molecule has 0 saturated carbocycles. The van der Waals surface area contributed by atoms with Gasteiger partial charge in [-0.15, -0.1) is 11.3 Å². The number of fused-ring (bicyclic) bond motifs is 1. The molecule has 1 amide bonds. The first-order chi connectivity index (χ1) is 10.3. The number of amides is 1. The van der Waals surface area contributed by atoms with Crippen LogP contribution in [0.15, 0.2) is 34.7 Å². The van der Waals surface area contributed by atoms with Gasteiger partial charge in [0.1, 0.15) is 0 Å². The molecule has 1 aromatic heterocycles. The molecule has 0 fully saturated rings. The molecule has 1 aliphatic rings. The third kappa shape index (κ3) is 2.82. The Kier molecular flexibility index (Phi) is 3.74. The molecule has 1 N–H and O–H groups in total. The van der Waals surface area contributed by atoms with Crippen LogP contribution >= 0.6 is 11.3 Å². The van der Waals surface area contributed by atoms with E-state index in [1.807, 2.05) is 11.4 Å². The fourth-order valence-electron chi connectivity index (χ4n) is 1.85. The zero-order valence-electron chi connectivity index (χ0n) is 11.2. The van der Waals surface area contributed by atoms with Crippen molar-refractivity contribution in [2.45, 2.75) is 0 Å². The summed E-state index contributed by atoms with van der Waals surface area (Å²) in [7, 11) is 1.55. The third-order valence-electron chi connectivity index (χ3n) is 2.81. The van der Waals surface area contributed by atoms with Crippen molar-refractivity contribution >= 4 is 23.5 Å². The van der Waals surface area contributed by atoms with Crippen molar-refractivity contribution in [2.24, 2.45) is 5.10 Å². The summed E-state index contributed by atoms with van der Waals surface area (Å²) in [5, 5.41) is 5.76. The summed E-state index contributed by atoms with van der Waals surface area (Å²) in [5.41, 5.74) is 3.21. The highest BCUT2D eigenvalue weighted by atomic mass is 32.1. The lowest BCUT2D eigenvalue weighted by Gasteiger charge is -2.05. The average Bonchev–Trinajstić information content (AvgIpc) is 3.17. The number of nitrogens with zero attached hydrogens (tertiary/aromatic N) is 1. The number of benzene rings is 1. The highest BCUT2D eigenvalue weighted by molar-refractivity contribution is 7.12. The zero-order valence-corrected chi connectivity index (χ0v) is 12.0. The van der Waals surface area contributed by atoms with E-state index in [0.29, 0.717) is 22.1 Å². The first-order valence-electron chi connectivity index (χ1n) is 6.12. The molecular weight excluding hydrogens is 292 g/mol. The average molecular weight is 304 g/mol. The molecule has 0 atom stereocenters. The normalized spacial score (nSPS) is 12.6. The number of hydrazone groups is 1. The standard InChI is InChI=1S/C14H12N2O4S/c1-18-10-5-9(6-11-13(10)20-8-19-11)7-15-16-14(17)12-3-2-4-21-12/h2-7H,8H2,1H3,(H,16,17)/b15-7-. The summed E-state index contributed by atoms with van der Waals surface area (Å²) in [6.07, 6.45) is 1.52. The molecule has 0 saturated heterocycles. The van der Waals surface area contributed by atoms with Crippen LogP contribution in [0, 0.1) is 0 Å². The molecule has 21 heavy (non-hydrogen) atoms. The number of ether oxygens (including phenoxy) is 3. The van der Waals surface area contributed by atoms with Crippen molar-refractivity contribution in [3.8, 4) is 17.2 Å². The number of hydrogen-bond donors (Lipinski definition) is 1. The summed E-state index contributed by atoms with van der Waals surface area (Å²) >= 11 is 1.36. The van der Waals surface area contributed by atoms with Crippen LogP contribution < -0.4 is 19.6 Å².